The van der Waals surface area contributed by atoms with Crippen molar-refractivity contribution < 1.29 is 4.79 Å². The fourth-order valence-corrected chi connectivity index (χ4v) is 2.98. The van der Waals surface area contributed by atoms with Crippen molar-refractivity contribution in [2.75, 3.05) is 17.3 Å². The summed E-state index contributed by atoms with van der Waals surface area (Å²) in [6, 6.07) is 3.43. The topological polar surface area (TPSA) is 32.3 Å². The van der Waals surface area contributed by atoms with Crippen LogP contribution >= 0.6 is 34.5 Å². The average molecular weight is 299 g/mol. The molecule has 2 heterocycles. The number of halogens is 2. The Kier molecular flexibility index (Phi) is 2.73. The lowest BCUT2D eigenvalue weighted by Gasteiger charge is -2.18. The molecule has 0 radical (unpaired) electrons. The summed E-state index contributed by atoms with van der Waals surface area (Å²) < 4.78 is 0. The Balaban J connectivity index is 2.24. The van der Waals surface area contributed by atoms with E-state index in [0.29, 0.717) is 15.6 Å². The first-order valence-electron chi connectivity index (χ1n) is 5.18. The molecule has 0 atom stereocenters. The van der Waals surface area contributed by atoms with Gasteiger partial charge in [-0.2, -0.15) is 0 Å². The highest BCUT2D eigenvalue weighted by Gasteiger charge is 2.25. The Hall–Kier alpha value is -1.23. The largest absolute Gasteiger partial charge is 0.352 e. The number of fused-ring (bicyclic) bond motifs is 2. The predicted molar refractivity (Wildman–Crippen MR) is 76.8 cm³/mol. The number of carbonyl (C=O) groups excluding carboxylic acids is 1. The summed E-state index contributed by atoms with van der Waals surface area (Å²) in [5, 5.41) is 7.84. The van der Waals surface area contributed by atoms with E-state index in [2.05, 4.69) is 5.32 Å². The number of hydrogen-bond acceptors (Lipinski definition) is 3. The van der Waals surface area contributed by atoms with E-state index in [0.717, 1.165) is 17.1 Å². The van der Waals surface area contributed by atoms with E-state index in [9.17, 15) is 4.79 Å². The molecule has 0 saturated heterocycles. The third-order valence-electron chi connectivity index (χ3n) is 2.87. The van der Waals surface area contributed by atoms with Gasteiger partial charge in [0, 0.05) is 17.8 Å². The molecule has 3 rings (SSSR count). The molecular weight excluding hydrogens is 291 g/mol. The summed E-state index contributed by atoms with van der Waals surface area (Å²) in [6.07, 6.45) is 0. The molecule has 0 aliphatic carbocycles. The van der Waals surface area contributed by atoms with Gasteiger partial charge in [-0.3, -0.25) is 4.79 Å². The number of anilines is 3. The molecule has 2 aromatic rings. The molecule has 3 nitrogen and oxygen atoms in total. The van der Waals surface area contributed by atoms with E-state index in [-0.39, 0.29) is 5.91 Å². The van der Waals surface area contributed by atoms with Gasteiger partial charge in [0.1, 0.15) is 0 Å². The van der Waals surface area contributed by atoms with Gasteiger partial charge in [0.2, 0.25) is 0 Å². The smallest absolute Gasteiger partial charge is 0.261 e. The molecule has 1 aromatic carbocycles. The van der Waals surface area contributed by atoms with Crippen LogP contribution in [0.2, 0.25) is 10.0 Å². The first kappa shape index (κ1) is 11.8. The minimum absolute atomic E-state index is 0.0594. The van der Waals surface area contributed by atoms with E-state index in [1.54, 1.807) is 24.1 Å². The first-order valence-corrected chi connectivity index (χ1v) is 6.88. The highest BCUT2D eigenvalue weighted by Crippen LogP contribution is 2.40. The Morgan fingerprint density at radius 3 is 2.67 bits per heavy atom. The van der Waals surface area contributed by atoms with Gasteiger partial charge in [-0.15, -0.1) is 11.3 Å². The van der Waals surface area contributed by atoms with Gasteiger partial charge >= 0.3 is 0 Å². The molecule has 92 valence electrons. The summed E-state index contributed by atoms with van der Waals surface area (Å²) >= 11 is 13.5. The summed E-state index contributed by atoms with van der Waals surface area (Å²) in [4.78, 5) is 13.8. The minimum atomic E-state index is -0.0594. The van der Waals surface area contributed by atoms with Gasteiger partial charge in [-0.25, -0.2) is 0 Å². The molecule has 1 amide bonds. The molecule has 0 bridgehead atoms. The lowest BCUT2D eigenvalue weighted by Crippen LogP contribution is -2.24. The third kappa shape index (κ3) is 1.68. The van der Waals surface area contributed by atoms with E-state index < -0.39 is 0 Å². The highest BCUT2D eigenvalue weighted by molar-refractivity contribution is 7.08. The maximum absolute atomic E-state index is 12.3. The zero-order valence-electron chi connectivity index (χ0n) is 9.33. The van der Waals surface area contributed by atoms with Gasteiger partial charge < -0.3 is 10.2 Å². The molecule has 1 N–H and O–H groups in total. The number of thiophene rings is 1. The van der Waals surface area contributed by atoms with Gasteiger partial charge in [0.15, 0.2) is 0 Å². The quantitative estimate of drug-likeness (QED) is 0.782. The summed E-state index contributed by atoms with van der Waals surface area (Å²) in [5.74, 6) is -0.0594. The maximum Gasteiger partial charge on any atom is 0.261 e. The predicted octanol–water partition coefficient (Wildman–Crippen LogP) is 4.39. The zero-order chi connectivity index (χ0) is 12.9. The molecule has 0 spiro atoms. The van der Waals surface area contributed by atoms with E-state index in [4.69, 9.17) is 23.2 Å². The number of nitrogens with one attached hydrogen (secondary N) is 1. The lowest BCUT2D eigenvalue weighted by atomic mass is 10.2. The number of hydrogen-bond donors (Lipinski definition) is 1. The second-order valence-electron chi connectivity index (χ2n) is 3.97. The highest BCUT2D eigenvalue weighted by atomic mass is 35.5. The molecule has 0 saturated carbocycles. The minimum Gasteiger partial charge on any atom is -0.352 e. The average Bonchev–Trinajstić information content (AvgIpc) is 2.76. The van der Waals surface area contributed by atoms with Crippen LogP contribution in [0.5, 0.6) is 0 Å². The van der Waals surface area contributed by atoms with Crippen molar-refractivity contribution in [1.82, 2.24) is 0 Å². The summed E-state index contributed by atoms with van der Waals surface area (Å²) in [7, 11) is 1.72. The number of rotatable bonds is 0. The van der Waals surface area contributed by atoms with Gasteiger partial charge in [0.25, 0.3) is 5.91 Å². The molecule has 1 aromatic heterocycles. The number of carbonyl (C=O) groups is 1. The van der Waals surface area contributed by atoms with Crippen molar-refractivity contribution in [2.24, 2.45) is 0 Å². The van der Waals surface area contributed by atoms with Gasteiger partial charge in [0.05, 0.1) is 32.7 Å². The Morgan fingerprint density at radius 1 is 1.17 bits per heavy atom. The zero-order valence-corrected chi connectivity index (χ0v) is 11.7. The van der Waals surface area contributed by atoms with Gasteiger partial charge in [-0.1, -0.05) is 23.2 Å². The fourth-order valence-electron chi connectivity index (χ4n) is 1.91. The monoisotopic (exact) mass is 298 g/mol. The van der Waals surface area contributed by atoms with Crippen LogP contribution in [0.4, 0.5) is 17.1 Å². The van der Waals surface area contributed by atoms with Crippen molar-refractivity contribution in [3.63, 3.8) is 0 Å². The second kappa shape index (κ2) is 4.16. The third-order valence-corrected chi connectivity index (χ3v) is 4.33. The van der Waals surface area contributed by atoms with Crippen molar-refractivity contribution >= 4 is 57.5 Å². The standard InChI is InChI=1S/C12H8Cl2N2OS/c1-16-11-3-8(14)7(13)2-9(11)15-10-5-18-4-6(10)12(16)17/h2-5,15H,1H3. The van der Waals surface area contributed by atoms with Crippen molar-refractivity contribution in [1.29, 1.82) is 0 Å². The summed E-state index contributed by atoms with van der Waals surface area (Å²) in [5.41, 5.74) is 2.95. The van der Waals surface area contributed by atoms with Crippen molar-refractivity contribution in [2.45, 2.75) is 0 Å². The second-order valence-corrected chi connectivity index (χ2v) is 5.53. The van der Waals surface area contributed by atoms with Crippen LogP contribution in [0.1, 0.15) is 10.4 Å². The van der Waals surface area contributed by atoms with Gasteiger partial charge in [-0.05, 0) is 12.1 Å². The maximum atomic E-state index is 12.3. The molecule has 1 aliphatic heterocycles. The molecule has 0 unspecified atom stereocenters. The molecule has 18 heavy (non-hydrogen) atoms. The van der Waals surface area contributed by atoms with Crippen LogP contribution in [-0.2, 0) is 0 Å². The summed E-state index contributed by atoms with van der Waals surface area (Å²) in [6.45, 7) is 0. The Labute approximate surface area is 118 Å². The normalized spacial score (nSPS) is 13.7. The molecular formula is C12H8Cl2N2OS. The Bertz CT molecular complexity index is 654. The van der Waals surface area contributed by atoms with E-state index in [1.807, 2.05) is 10.8 Å². The van der Waals surface area contributed by atoms with Crippen LogP contribution in [-0.4, -0.2) is 13.0 Å². The number of benzene rings is 1. The van der Waals surface area contributed by atoms with Crippen LogP contribution in [0, 0.1) is 0 Å². The van der Waals surface area contributed by atoms with Crippen LogP contribution in [0.15, 0.2) is 22.9 Å². The van der Waals surface area contributed by atoms with Crippen LogP contribution in [0.25, 0.3) is 0 Å². The van der Waals surface area contributed by atoms with E-state index in [1.165, 1.54) is 11.3 Å². The SMILES string of the molecule is CN1C(=O)c2cscc2Nc2cc(Cl)c(Cl)cc21. The van der Waals surface area contributed by atoms with E-state index >= 15 is 0 Å². The van der Waals surface area contributed by atoms with Crippen molar-refractivity contribution in [3.8, 4) is 0 Å². The van der Waals surface area contributed by atoms with Crippen molar-refractivity contribution in [3.05, 3.63) is 38.5 Å². The van der Waals surface area contributed by atoms with Crippen LogP contribution < -0.4 is 10.2 Å². The molecule has 6 heteroatoms. The number of amides is 1. The Morgan fingerprint density at radius 2 is 1.89 bits per heavy atom. The lowest BCUT2D eigenvalue weighted by molar-refractivity contribution is 0.0995. The number of nitrogens with zero attached hydrogens (tertiary/aromatic N) is 1. The molecule has 0 fully saturated rings. The molecule has 1 aliphatic rings. The van der Waals surface area contributed by atoms with Crippen LogP contribution in [0.3, 0.4) is 0 Å². The fraction of sp³-hybridized carbons (Fsp3) is 0.0833. The first-order chi connectivity index (χ1) is 8.58.